The van der Waals surface area contributed by atoms with E-state index < -0.39 is 17.2 Å². The highest BCUT2D eigenvalue weighted by atomic mass is 19.1. The Labute approximate surface area is 114 Å². The molecule has 1 aromatic heterocycles. The van der Waals surface area contributed by atoms with Gasteiger partial charge in [0.05, 0.1) is 12.2 Å². The molecule has 0 bridgehead atoms. The standard InChI is InChI=1S/C13H15F2N3O2/c1-3-19-7-13(2,16)12-17-11(20-18-12)9-6-8(14)4-5-10(9)15/h4-6H,3,7,16H2,1-2H3. The van der Waals surface area contributed by atoms with Crippen molar-refractivity contribution in [1.29, 1.82) is 0 Å². The van der Waals surface area contributed by atoms with Gasteiger partial charge in [0.15, 0.2) is 5.82 Å². The van der Waals surface area contributed by atoms with Crippen molar-refractivity contribution in [2.24, 2.45) is 5.73 Å². The van der Waals surface area contributed by atoms with Crippen molar-refractivity contribution in [3.05, 3.63) is 35.7 Å². The molecule has 1 heterocycles. The van der Waals surface area contributed by atoms with Crippen LogP contribution < -0.4 is 5.73 Å². The monoisotopic (exact) mass is 283 g/mol. The van der Waals surface area contributed by atoms with Crippen LogP contribution in [0.2, 0.25) is 0 Å². The lowest BCUT2D eigenvalue weighted by Gasteiger charge is -2.19. The maximum Gasteiger partial charge on any atom is 0.261 e. The zero-order valence-corrected chi connectivity index (χ0v) is 11.2. The summed E-state index contributed by atoms with van der Waals surface area (Å²) >= 11 is 0. The molecule has 0 aliphatic carbocycles. The number of nitrogens with two attached hydrogens (primary N) is 1. The largest absolute Gasteiger partial charge is 0.379 e. The highest BCUT2D eigenvalue weighted by Gasteiger charge is 2.28. The van der Waals surface area contributed by atoms with Gasteiger partial charge in [0.25, 0.3) is 5.89 Å². The molecule has 0 spiro atoms. The first kappa shape index (κ1) is 14.5. The van der Waals surface area contributed by atoms with Crippen molar-refractivity contribution in [2.45, 2.75) is 19.4 Å². The van der Waals surface area contributed by atoms with Crippen LogP contribution in [0.4, 0.5) is 8.78 Å². The summed E-state index contributed by atoms with van der Waals surface area (Å²) in [5.41, 5.74) is 4.93. The third-order valence-electron chi connectivity index (χ3n) is 2.70. The van der Waals surface area contributed by atoms with E-state index in [-0.39, 0.29) is 23.9 Å². The third-order valence-corrected chi connectivity index (χ3v) is 2.70. The van der Waals surface area contributed by atoms with E-state index in [1.165, 1.54) is 0 Å². The number of hydrogen-bond donors (Lipinski definition) is 1. The number of rotatable bonds is 5. The summed E-state index contributed by atoms with van der Waals surface area (Å²) in [6.07, 6.45) is 0. The smallest absolute Gasteiger partial charge is 0.261 e. The zero-order chi connectivity index (χ0) is 14.8. The predicted octanol–water partition coefficient (Wildman–Crippen LogP) is 2.23. The van der Waals surface area contributed by atoms with Crippen LogP contribution in [-0.2, 0) is 10.3 Å². The minimum Gasteiger partial charge on any atom is -0.379 e. The van der Waals surface area contributed by atoms with Crippen molar-refractivity contribution < 1.29 is 18.0 Å². The molecule has 2 rings (SSSR count). The van der Waals surface area contributed by atoms with Crippen LogP contribution >= 0.6 is 0 Å². The molecule has 0 fully saturated rings. The maximum atomic E-state index is 13.6. The molecule has 0 radical (unpaired) electrons. The van der Waals surface area contributed by atoms with Crippen LogP contribution in [0.5, 0.6) is 0 Å². The first-order valence-electron chi connectivity index (χ1n) is 6.10. The summed E-state index contributed by atoms with van der Waals surface area (Å²) in [5.74, 6) is -1.19. The number of ether oxygens (including phenoxy) is 1. The summed E-state index contributed by atoms with van der Waals surface area (Å²) in [6.45, 7) is 4.18. The first-order valence-corrected chi connectivity index (χ1v) is 6.10. The van der Waals surface area contributed by atoms with E-state index in [0.29, 0.717) is 6.61 Å². The molecular formula is C13H15F2N3O2. The Bertz CT molecular complexity index is 599. The highest BCUT2D eigenvalue weighted by Crippen LogP contribution is 2.24. The molecular weight excluding hydrogens is 268 g/mol. The van der Waals surface area contributed by atoms with Gasteiger partial charge in [-0.1, -0.05) is 5.16 Å². The van der Waals surface area contributed by atoms with Gasteiger partial charge in [-0.25, -0.2) is 8.78 Å². The Kier molecular flexibility index (Phi) is 4.10. The van der Waals surface area contributed by atoms with Crippen molar-refractivity contribution in [1.82, 2.24) is 10.1 Å². The molecule has 7 heteroatoms. The van der Waals surface area contributed by atoms with Gasteiger partial charge < -0.3 is 15.0 Å². The Balaban J connectivity index is 2.31. The van der Waals surface area contributed by atoms with Gasteiger partial charge >= 0.3 is 0 Å². The molecule has 5 nitrogen and oxygen atoms in total. The molecule has 2 aromatic rings. The second-order valence-electron chi connectivity index (χ2n) is 4.60. The van der Waals surface area contributed by atoms with Crippen LogP contribution in [-0.4, -0.2) is 23.4 Å². The number of benzene rings is 1. The highest BCUT2D eigenvalue weighted by molar-refractivity contribution is 5.53. The summed E-state index contributed by atoms with van der Waals surface area (Å²) in [4.78, 5) is 4.02. The van der Waals surface area contributed by atoms with E-state index in [4.69, 9.17) is 15.0 Å². The van der Waals surface area contributed by atoms with Crippen LogP contribution in [0.25, 0.3) is 11.5 Å². The Morgan fingerprint density at radius 3 is 2.85 bits per heavy atom. The fourth-order valence-corrected chi connectivity index (χ4v) is 1.60. The van der Waals surface area contributed by atoms with E-state index in [1.807, 2.05) is 6.92 Å². The molecule has 0 aliphatic heterocycles. The first-order chi connectivity index (χ1) is 9.44. The summed E-state index contributed by atoms with van der Waals surface area (Å²) < 4.78 is 36.9. The third kappa shape index (κ3) is 3.00. The fourth-order valence-electron chi connectivity index (χ4n) is 1.60. The Hall–Kier alpha value is -1.86. The zero-order valence-electron chi connectivity index (χ0n) is 11.2. The minimum atomic E-state index is -0.971. The molecule has 1 aromatic carbocycles. The van der Waals surface area contributed by atoms with Gasteiger partial charge in [0, 0.05) is 6.61 Å². The van der Waals surface area contributed by atoms with E-state index in [0.717, 1.165) is 18.2 Å². The van der Waals surface area contributed by atoms with E-state index in [1.54, 1.807) is 6.92 Å². The number of hydrogen-bond acceptors (Lipinski definition) is 5. The minimum absolute atomic E-state index is 0.101. The van der Waals surface area contributed by atoms with Crippen LogP contribution in [0, 0.1) is 11.6 Å². The second-order valence-corrected chi connectivity index (χ2v) is 4.60. The second kappa shape index (κ2) is 5.64. The van der Waals surface area contributed by atoms with E-state index >= 15 is 0 Å². The quantitative estimate of drug-likeness (QED) is 0.910. The van der Waals surface area contributed by atoms with Crippen molar-refractivity contribution in [2.75, 3.05) is 13.2 Å². The van der Waals surface area contributed by atoms with Crippen LogP contribution in [0.3, 0.4) is 0 Å². The van der Waals surface area contributed by atoms with Crippen molar-refractivity contribution >= 4 is 0 Å². The Morgan fingerprint density at radius 1 is 1.40 bits per heavy atom. The molecule has 0 saturated heterocycles. The van der Waals surface area contributed by atoms with Gasteiger partial charge in [-0.15, -0.1) is 0 Å². The molecule has 0 saturated carbocycles. The van der Waals surface area contributed by atoms with Gasteiger partial charge in [-0.05, 0) is 32.0 Å². The van der Waals surface area contributed by atoms with E-state index in [2.05, 4.69) is 10.1 Å². The number of aromatic nitrogens is 2. The average Bonchev–Trinajstić information content (AvgIpc) is 2.89. The van der Waals surface area contributed by atoms with E-state index in [9.17, 15) is 8.78 Å². The van der Waals surface area contributed by atoms with Gasteiger partial charge in [0.1, 0.15) is 17.2 Å². The van der Waals surface area contributed by atoms with Crippen LogP contribution in [0.1, 0.15) is 19.7 Å². The lowest BCUT2D eigenvalue weighted by atomic mass is 10.1. The Morgan fingerprint density at radius 2 is 2.15 bits per heavy atom. The van der Waals surface area contributed by atoms with Crippen LogP contribution in [0.15, 0.2) is 22.7 Å². The normalized spacial score (nSPS) is 14.2. The molecule has 0 amide bonds. The average molecular weight is 283 g/mol. The fraction of sp³-hybridized carbons (Fsp3) is 0.385. The summed E-state index contributed by atoms with van der Waals surface area (Å²) in [6, 6.07) is 3.00. The maximum absolute atomic E-state index is 13.6. The SMILES string of the molecule is CCOCC(C)(N)c1noc(-c2cc(F)ccc2F)n1. The molecule has 108 valence electrons. The molecule has 20 heavy (non-hydrogen) atoms. The topological polar surface area (TPSA) is 74.2 Å². The lowest BCUT2D eigenvalue weighted by Crippen LogP contribution is -2.39. The molecule has 1 unspecified atom stereocenters. The number of halogens is 2. The summed E-state index contributed by atoms with van der Waals surface area (Å²) in [5, 5.41) is 3.71. The van der Waals surface area contributed by atoms with Crippen molar-refractivity contribution in [3.8, 4) is 11.5 Å². The van der Waals surface area contributed by atoms with Gasteiger partial charge in [-0.3, -0.25) is 0 Å². The number of nitrogens with zero attached hydrogens (tertiary/aromatic N) is 2. The summed E-state index contributed by atoms with van der Waals surface area (Å²) in [7, 11) is 0. The molecule has 2 N–H and O–H groups in total. The predicted molar refractivity (Wildman–Crippen MR) is 67.7 cm³/mol. The molecule has 0 aliphatic rings. The lowest BCUT2D eigenvalue weighted by molar-refractivity contribution is 0.0962. The van der Waals surface area contributed by atoms with Crippen molar-refractivity contribution in [3.63, 3.8) is 0 Å². The van der Waals surface area contributed by atoms with Gasteiger partial charge in [-0.2, -0.15) is 4.98 Å². The van der Waals surface area contributed by atoms with Gasteiger partial charge in [0.2, 0.25) is 0 Å². The molecule has 1 atom stereocenters.